The number of rotatable bonds is 7. The normalized spacial score (nSPS) is 17.8. The summed E-state index contributed by atoms with van der Waals surface area (Å²) >= 11 is 0. The zero-order chi connectivity index (χ0) is 24.5. The van der Waals surface area contributed by atoms with E-state index in [0.717, 1.165) is 50.2 Å². The molecule has 0 spiro atoms. The van der Waals surface area contributed by atoms with Crippen molar-refractivity contribution >= 4 is 23.4 Å². The molecular formula is C28H28N6O2. The molecule has 0 bridgehead atoms. The van der Waals surface area contributed by atoms with Gasteiger partial charge in [0, 0.05) is 42.7 Å². The Morgan fingerprint density at radius 2 is 1.72 bits per heavy atom. The van der Waals surface area contributed by atoms with Crippen LogP contribution < -0.4 is 10.6 Å². The zero-order valence-corrected chi connectivity index (χ0v) is 19.9. The molecule has 36 heavy (non-hydrogen) atoms. The third kappa shape index (κ3) is 4.85. The fourth-order valence-electron chi connectivity index (χ4n) is 4.73. The molecule has 2 aromatic heterocycles. The summed E-state index contributed by atoms with van der Waals surface area (Å²) < 4.78 is 1.72. The van der Waals surface area contributed by atoms with Crippen LogP contribution in [-0.4, -0.2) is 50.4 Å². The fourth-order valence-corrected chi connectivity index (χ4v) is 4.73. The van der Waals surface area contributed by atoms with Gasteiger partial charge >= 0.3 is 0 Å². The Morgan fingerprint density at radius 3 is 2.50 bits per heavy atom. The van der Waals surface area contributed by atoms with Crippen LogP contribution in [0.1, 0.15) is 35.2 Å². The Balaban J connectivity index is 1.11. The number of nitrogens with one attached hydrogen (secondary N) is 2. The second-order valence-electron chi connectivity index (χ2n) is 9.64. The molecule has 8 heteroatoms. The zero-order valence-electron chi connectivity index (χ0n) is 19.9. The highest BCUT2D eigenvalue weighted by Gasteiger charge is 2.30. The summed E-state index contributed by atoms with van der Waals surface area (Å²) in [5.74, 6) is 0.324. The first-order valence-electron chi connectivity index (χ1n) is 12.5. The second kappa shape index (κ2) is 9.54. The summed E-state index contributed by atoms with van der Waals surface area (Å²) in [7, 11) is 0. The van der Waals surface area contributed by atoms with Crippen LogP contribution in [0.25, 0.3) is 16.9 Å². The number of benzene rings is 2. The molecule has 8 nitrogen and oxygen atoms in total. The summed E-state index contributed by atoms with van der Waals surface area (Å²) in [6.07, 6.45) is 2.80. The minimum Gasteiger partial charge on any atom is -0.348 e. The van der Waals surface area contributed by atoms with Crippen LogP contribution in [0.5, 0.6) is 0 Å². The first kappa shape index (κ1) is 22.4. The highest BCUT2D eigenvalue weighted by atomic mass is 16.2. The Morgan fingerprint density at radius 1 is 0.917 bits per heavy atom. The van der Waals surface area contributed by atoms with Crippen molar-refractivity contribution in [2.75, 3.05) is 18.4 Å². The van der Waals surface area contributed by atoms with Crippen molar-refractivity contribution in [1.82, 2.24) is 24.8 Å². The van der Waals surface area contributed by atoms with E-state index in [1.807, 2.05) is 48.5 Å². The second-order valence-corrected chi connectivity index (χ2v) is 9.64. The van der Waals surface area contributed by atoms with E-state index < -0.39 is 0 Å². The SMILES string of the molecule is O=C(NC1CCN(Cc2ccccc2)C1)c1ccc(-c2cccc3nc(NC(=O)C4CC4)nn23)cc1. The molecule has 1 aliphatic carbocycles. The van der Waals surface area contributed by atoms with Crippen molar-refractivity contribution in [2.24, 2.45) is 5.92 Å². The minimum atomic E-state index is -0.0582. The Kier molecular flexibility index (Phi) is 5.95. The van der Waals surface area contributed by atoms with Gasteiger partial charge in [-0.25, -0.2) is 4.52 Å². The number of carbonyl (C=O) groups excluding carboxylic acids is 2. The van der Waals surface area contributed by atoms with Crippen molar-refractivity contribution in [1.29, 1.82) is 0 Å². The number of likely N-dealkylation sites (tertiary alicyclic amines) is 1. The fraction of sp³-hybridized carbons (Fsp3) is 0.286. The Hall–Kier alpha value is -4.04. The van der Waals surface area contributed by atoms with E-state index >= 15 is 0 Å². The number of hydrogen-bond donors (Lipinski definition) is 2. The van der Waals surface area contributed by atoms with E-state index in [9.17, 15) is 9.59 Å². The lowest BCUT2D eigenvalue weighted by Crippen LogP contribution is -2.36. The van der Waals surface area contributed by atoms with Gasteiger partial charge in [-0.2, -0.15) is 4.98 Å². The van der Waals surface area contributed by atoms with Gasteiger partial charge in [0.05, 0.1) is 5.69 Å². The van der Waals surface area contributed by atoms with Gasteiger partial charge in [0.25, 0.3) is 5.91 Å². The molecule has 1 saturated carbocycles. The predicted octanol–water partition coefficient (Wildman–Crippen LogP) is 3.75. The van der Waals surface area contributed by atoms with Gasteiger partial charge in [-0.3, -0.25) is 19.8 Å². The largest absolute Gasteiger partial charge is 0.348 e. The van der Waals surface area contributed by atoms with Crippen molar-refractivity contribution < 1.29 is 9.59 Å². The topological polar surface area (TPSA) is 91.6 Å². The first-order valence-corrected chi connectivity index (χ1v) is 12.5. The smallest absolute Gasteiger partial charge is 0.251 e. The summed E-state index contributed by atoms with van der Waals surface area (Å²) in [4.78, 5) is 31.8. The highest BCUT2D eigenvalue weighted by Crippen LogP contribution is 2.30. The number of fused-ring (bicyclic) bond motifs is 1. The quantitative estimate of drug-likeness (QED) is 0.420. The van der Waals surface area contributed by atoms with Gasteiger partial charge in [-0.1, -0.05) is 48.5 Å². The number of hydrogen-bond acceptors (Lipinski definition) is 5. The van der Waals surface area contributed by atoms with E-state index in [4.69, 9.17) is 0 Å². The summed E-state index contributed by atoms with van der Waals surface area (Å²) in [5.41, 5.74) is 4.33. The van der Waals surface area contributed by atoms with Crippen molar-refractivity contribution in [3.05, 3.63) is 83.9 Å². The van der Waals surface area contributed by atoms with Crippen molar-refractivity contribution in [3.63, 3.8) is 0 Å². The average Bonchev–Trinajstić information content (AvgIpc) is 3.54. The molecule has 4 aromatic rings. The molecule has 1 atom stereocenters. The van der Waals surface area contributed by atoms with E-state index in [2.05, 4.69) is 49.9 Å². The van der Waals surface area contributed by atoms with Crippen molar-refractivity contribution in [2.45, 2.75) is 31.8 Å². The molecule has 182 valence electrons. The molecule has 0 radical (unpaired) electrons. The number of nitrogens with zero attached hydrogens (tertiary/aromatic N) is 4. The van der Waals surface area contributed by atoms with E-state index in [1.165, 1.54) is 5.56 Å². The van der Waals surface area contributed by atoms with Gasteiger partial charge in [0.15, 0.2) is 5.65 Å². The third-order valence-electron chi connectivity index (χ3n) is 6.84. The van der Waals surface area contributed by atoms with Crippen LogP contribution in [0.2, 0.25) is 0 Å². The van der Waals surface area contributed by atoms with Gasteiger partial charge in [0.2, 0.25) is 11.9 Å². The Labute approximate surface area is 209 Å². The first-order chi connectivity index (χ1) is 17.6. The molecule has 2 N–H and O–H groups in total. The monoisotopic (exact) mass is 480 g/mol. The Bertz CT molecular complexity index is 1390. The molecule has 2 amide bonds. The number of anilines is 1. The molecular weight excluding hydrogens is 452 g/mol. The van der Waals surface area contributed by atoms with Crippen LogP contribution in [0.3, 0.4) is 0 Å². The summed E-state index contributed by atoms with van der Waals surface area (Å²) in [6, 6.07) is 23.8. The van der Waals surface area contributed by atoms with Gasteiger partial charge in [0.1, 0.15) is 0 Å². The van der Waals surface area contributed by atoms with Gasteiger partial charge < -0.3 is 5.32 Å². The number of amides is 2. The number of aromatic nitrogens is 3. The number of pyridine rings is 1. The molecule has 1 aliphatic heterocycles. The molecule has 2 aromatic carbocycles. The van der Waals surface area contributed by atoms with E-state index in [0.29, 0.717) is 17.2 Å². The van der Waals surface area contributed by atoms with E-state index in [1.54, 1.807) is 4.52 Å². The van der Waals surface area contributed by atoms with Crippen LogP contribution in [0.4, 0.5) is 5.95 Å². The molecule has 2 aliphatic rings. The maximum absolute atomic E-state index is 12.9. The maximum atomic E-state index is 12.9. The molecule has 6 rings (SSSR count). The standard InChI is InChI=1S/C28H28N6O2/c35-26(29-23-15-16-33(18-23)17-19-5-2-1-3-6-19)21-11-9-20(10-12-21)24-7-4-8-25-30-28(32-34(24)25)31-27(36)22-13-14-22/h1-12,22-23H,13-18H2,(H,29,35)(H,31,32,36). The van der Waals surface area contributed by atoms with Crippen LogP contribution in [-0.2, 0) is 11.3 Å². The highest BCUT2D eigenvalue weighted by molar-refractivity contribution is 5.95. The predicted molar refractivity (Wildman–Crippen MR) is 137 cm³/mol. The van der Waals surface area contributed by atoms with Crippen LogP contribution >= 0.6 is 0 Å². The van der Waals surface area contributed by atoms with Crippen molar-refractivity contribution in [3.8, 4) is 11.3 Å². The molecule has 2 fully saturated rings. The lowest BCUT2D eigenvalue weighted by atomic mass is 10.1. The summed E-state index contributed by atoms with van der Waals surface area (Å²) in [5, 5.41) is 10.5. The summed E-state index contributed by atoms with van der Waals surface area (Å²) in [6.45, 7) is 2.73. The number of carbonyl (C=O) groups is 2. The van der Waals surface area contributed by atoms with Crippen LogP contribution in [0, 0.1) is 5.92 Å². The molecule has 3 heterocycles. The lowest BCUT2D eigenvalue weighted by Gasteiger charge is -2.17. The third-order valence-corrected chi connectivity index (χ3v) is 6.84. The average molecular weight is 481 g/mol. The molecule has 1 saturated heterocycles. The van der Waals surface area contributed by atoms with Crippen LogP contribution in [0.15, 0.2) is 72.8 Å². The maximum Gasteiger partial charge on any atom is 0.251 e. The van der Waals surface area contributed by atoms with Gasteiger partial charge in [-0.15, -0.1) is 5.10 Å². The lowest BCUT2D eigenvalue weighted by molar-refractivity contribution is -0.117. The van der Waals surface area contributed by atoms with E-state index in [-0.39, 0.29) is 23.8 Å². The molecule has 1 unspecified atom stereocenters. The van der Waals surface area contributed by atoms with Gasteiger partial charge in [-0.05, 0) is 49.1 Å². The minimum absolute atomic E-state index is 0.0201.